The predicted octanol–water partition coefficient (Wildman–Crippen LogP) is 5.80. The van der Waals surface area contributed by atoms with E-state index in [-0.39, 0.29) is 17.2 Å². The first kappa shape index (κ1) is 25.6. The number of benzene rings is 2. The Kier molecular flexibility index (Phi) is 7.89. The number of amides is 1. The number of nitrogens with zero attached hydrogens (tertiary/aromatic N) is 2. The van der Waals surface area contributed by atoms with Crippen molar-refractivity contribution in [2.75, 3.05) is 27.3 Å². The van der Waals surface area contributed by atoms with Crippen molar-refractivity contribution in [3.8, 4) is 34.3 Å². The lowest BCUT2D eigenvalue weighted by Gasteiger charge is -2.22. The van der Waals surface area contributed by atoms with E-state index in [4.69, 9.17) is 21.1 Å². The highest BCUT2D eigenvalue weighted by Gasteiger charge is 2.34. The molecule has 1 aliphatic rings. The number of hydrogen-bond acceptors (Lipinski definition) is 6. The molecule has 1 saturated heterocycles. The van der Waals surface area contributed by atoms with Crippen LogP contribution < -0.4 is 9.47 Å². The van der Waals surface area contributed by atoms with Crippen molar-refractivity contribution in [3.63, 3.8) is 0 Å². The van der Waals surface area contributed by atoms with Crippen molar-refractivity contribution < 1.29 is 24.5 Å². The van der Waals surface area contributed by atoms with Gasteiger partial charge in [-0.1, -0.05) is 43.1 Å². The summed E-state index contributed by atoms with van der Waals surface area (Å²) in [5, 5.41) is 23.0. The number of carbonyl (C=O) groups excluding carboxylic acids is 1. The second-order valence-corrected chi connectivity index (χ2v) is 9.35. The number of halogens is 1. The molecule has 1 aliphatic heterocycles. The number of aromatic hydroxyl groups is 2. The third kappa shape index (κ3) is 4.93. The minimum Gasteiger partial charge on any atom is -0.506 e. The van der Waals surface area contributed by atoms with E-state index in [9.17, 15) is 15.0 Å². The molecule has 0 saturated carbocycles. The Bertz CT molecular complexity index is 1240. The fraction of sp³-hybridized carbons (Fsp3) is 0.357. The molecule has 1 fully saturated rings. The quantitative estimate of drug-likeness (QED) is 0.397. The zero-order chi connectivity index (χ0) is 25.8. The molecule has 190 valence electrons. The second-order valence-electron chi connectivity index (χ2n) is 8.91. The Morgan fingerprint density at radius 3 is 2.44 bits per heavy atom. The first-order valence-electron chi connectivity index (χ1n) is 12.1. The highest BCUT2D eigenvalue weighted by Crippen LogP contribution is 2.47. The van der Waals surface area contributed by atoms with Gasteiger partial charge in [0.2, 0.25) is 5.88 Å². The molecule has 8 heteroatoms. The number of aryl methyl sites for hydroxylation is 1. The lowest BCUT2D eigenvalue weighted by molar-refractivity contribution is 0.0783. The largest absolute Gasteiger partial charge is 0.506 e. The molecule has 3 aromatic rings. The van der Waals surface area contributed by atoms with E-state index < -0.39 is 11.8 Å². The van der Waals surface area contributed by atoms with Crippen LogP contribution in [0.15, 0.2) is 42.5 Å². The van der Waals surface area contributed by atoms with Crippen molar-refractivity contribution >= 4 is 17.5 Å². The van der Waals surface area contributed by atoms with Crippen molar-refractivity contribution in [1.29, 1.82) is 0 Å². The van der Waals surface area contributed by atoms with Crippen LogP contribution in [-0.2, 0) is 6.42 Å². The summed E-state index contributed by atoms with van der Waals surface area (Å²) in [4.78, 5) is 19.7. The summed E-state index contributed by atoms with van der Waals surface area (Å²) < 4.78 is 11.1. The third-order valence-electron chi connectivity index (χ3n) is 6.68. The summed E-state index contributed by atoms with van der Waals surface area (Å²) in [5.41, 5.74) is 2.14. The van der Waals surface area contributed by atoms with Gasteiger partial charge in [-0.15, -0.1) is 0 Å². The summed E-state index contributed by atoms with van der Waals surface area (Å²) in [7, 11) is 3.06. The maximum absolute atomic E-state index is 13.6. The number of rotatable bonds is 8. The molecule has 0 bridgehead atoms. The molecule has 0 spiro atoms. The van der Waals surface area contributed by atoms with Gasteiger partial charge >= 0.3 is 0 Å². The molecule has 0 radical (unpaired) electrons. The predicted molar refractivity (Wildman–Crippen MR) is 139 cm³/mol. The number of hydrogen-bond donors (Lipinski definition) is 2. The molecule has 2 heterocycles. The summed E-state index contributed by atoms with van der Waals surface area (Å²) in [6.07, 6.45) is 2.94. The van der Waals surface area contributed by atoms with E-state index in [1.165, 1.54) is 14.2 Å². The van der Waals surface area contributed by atoms with Gasteiger partial charge < -0.3 is 24.6 Å². The summed E-state index contributed by atoms with van der Waals surface area (Å²) in [5.74, 6) is -0.229. The molecule has 36 heavy (non-hydrogen) atoms. The number of likely N-dealkylation sites (tertiary alicyclic amines) is 1. The topological polar surface area (TPSA) is 92.1 Å². The molecule has 0 aliphatic carbocycles. The van der Waals surface area contributed by atoms with Gasteiger partial charge in [-0.2, -0.15) is 0 Å². The van der Waals surface area contributed by atoms with Gasteiger partial charge in [0, 0.05) is 24.0 Å². The average molecular weight is 511 g/mol. The van der Waals surface area contributed by atoms with E-state index in [0.717, 1.165) is 24.8 Å². The Morgan fingerprint density at radius 2 is 1.81 bits per heavy atom. The number of methoxy groups -OCH3 is 2. The summed E-state index contributed by atoms with van der Waals surface area (Å²) >= 11 is 6.16. The van der Waals surface area contributed by atoms with Crippen LogP contribution in [0.25, 0.3) is 11.1 Å². The fourth-order valence-corrected chi connectivity index (χ4v) is 5.02. The van der Waals surface area contributed by atoms with Gasteiger partial charge in [-0.05, 0) is 49.1 Å². The van der Waals surface area contributed by atoms with Crippen LogP contribution in [0.3, 0.4) is 0 Å². The van der Waals surface area contributed by atoms with Crippen molar-refractivity contribution in [1.82, 2.24) is 9.88 Å². The molecule has 1 atom stereocenters. The molecule has 1 aromatic heterocycles. The zero-order valence-corrected chi connectivity index (χ0v) is 21.5. The Labute approximate surface area is 216 Å². The Morgan fingerprint density at radius 1 is 1.11 bits per heavy atom. The molecular formula is C28H31ClN2O5. The normalized spacial score (nSPS) is 15.2. The molecule has 2 aromatic carbocycles. The van der Waals surface area contributed by atoms with E-state index >= 15 is 0 Å². The molecule has 2 N–H and O–H groups in total. The van der Waals surface area contributed by atoms with E-state index in [1.807, 2.05) is 31.2 Å². The van der Waals surface area contributed by atoms with E-state index in [2.05, 4.69) is 4.98 Å². The van der Waals surface area contributed by atoms with E-state index in [1.54, 1.807) is 23.1 Å². The van der Waals surface area contributed by atoms with Gasteiger partial charge in [-0.25, -0.2) is 4.98 Å². The average Bonchev–Trinajstić information content (AvgIpc) is 3.37. The maximum Gasteiger partial charge on any atom is 0.263 e. The zero-order valence-electron chi connectivity index (χ0n) is 20.8. The lowest BCUT2D eigenvalue weighted by Crippen LogP contribution is -2.29. The highest BCUT2D eigenvalue weighted by atomic mass is 35.5. The van der Waals surface area contributed by atoms with Crippen LogP contribution >= 0.6 is 11.6 Å². The number of carbonyl (C=O) groups is 1. The second kappa shape index (κ2) is 11.1. The van der Waals surface area contributed by atoms with Crippen molar-refractivity contribution in [3.05, 3.63) is 64.3 Å². The number of ether oxygens (including phenoxy) is 2. The van der Waals surface area contributed by atoms with Gasteiger partial charge in [0.1, 0.15) is 22.8 Å². The summed E-state index contributed by atoms with van der Waals surface area (Å²) in [6.45, 7) is 2.98. The minimum absolute atomic E-state index is 0.113. The smallest absolute Gasteiger partial charge is 0.263 e. The fourth-order valence-electron chi connectivity index (χ4n) is 4.83. The molecule has 1 amide bonds. The molecule has 7 nitrogen and oxygen atoms in total. The van der Waals surface area contributed by atoms with Gasteiger partial charge in [0.25, 0.3) is 5.91 Å². The minimum atomic E-state index is -0.479. The summed E-state index contributed by atoms with van der Waals surface area (Å²) in [6, 6.07) is 12.9. The molecule has 1 unspecified atom stereocenters. The van der Waals surface area contributed by atoms with Gasteiger partial charge in [0.15, 0.2) is 0 Å². The first-order chi connectivity index (χ1) is 17.4. The van der Waals surface area contributed by atoms with Crippen LogP contribution in [0.4, 0.5) is 0 Å². The third-order valence-corrected chi connectivity index (χ3v) is 6.92. The lowest BCUT2D eigenvalue weighted by atomic mass is 9.95. The Balaban J connectivity index is 1.78. The molecule has 4 rings (SSSR count). The first-order valence-corrected chi connectivity index (χ1v) is 12.5. The number of pyridine rings is 1. The number of aromatic nitrogens is 1. The van der Waals surface area contributed by atoms with Gasteiger partial charge in [0.05, 0.1) is 31.0 Å². The SMILES string of the molecule is CCCCc1nc(O)c(C(=O)N2CCC(c3cccc(Cl)c3)C2)c(O)c1-c1c(OC)cccc1OC. The van der Waals surface area contributed by atoms with Crippen molar-refractivity contribution in [2.24, 2.45) is 0 Å². The van der Waals surface area contributed by atoms with Crippen LogP contribution in [0.5, 0.6) is 23.1 Å². The molecular weight excluding hydrogens is 480 g/mol. The van der Waals surface area contributed by atoms with Crippen LogP contribution in [0.2, 0.25) is 5.02 Å². The van der Waals surface area contributed by atoms with Crippen LogP contribution in [0.1, 0.15) is 53.7 Å². The van der Waals surface area contributed by atoms with Gasteiger partial charge in [-0.3, -0.25) is 4.79 Å². The van der Waals surface area contributed by atoms with Crippen LogP contribution in [-0.4, -0.2) is 53.3 Å². The van der Waals surface area contributed by atoms with Crippen LogP contribution in [0, 0.1) is 0 Å². The Hall–Kier alpha value is -3.45. The number of unbranched alkanes of at least 4 members (excludes halogenated alkanes) is 1. The van der Waals surface area contributed by atoms with E-state index in [0.29, 0.717) is 52.9 Å². The standard InChI is InChI=1S/C28H31ClN2O5/c1-4-5-10-20-23(24-21(35-2)11-7-12-22(24)36-3)26(32)25(27(33)30-20)28(34)31-14-13-18(16-31)17-8-6-9-19(29)15-17/h6-9,11-12,15,18H,4-5,10,13-14,16H2,1-3H3,(H2,30,32,33). The monoisotopic (exact) mass is 510 g/mol. The van der Waals surface area contributed by atoms with Crippen molar-refractivity contribution in [2.45, 2.75) is 38.5 Å². The maximum atomic E-state index is 13.6. The highest BCUT2D eigenvalue weighted by molar-refractivity contribution is 6.30.